The second-order valence-corrected chi connectivity index (χ2v) is 6.57. The van der Waals surface area contributed by atoms with Crippen molar-refractivity contribution in [3.63, 3.8) is 0 Å². The number of benzene rings is 1. The SMILES string of the molecule is O=C1N=C(N2CCCC2)S/C1=C\c1cccc2c1NCC2. The first-order valence-corrected chi connectivity index (χ1v) is 8.26. The van der Waals surface area contributed by atoms with Crippen molar-refractivity contribution >= 4 is 34.6 Å². The Kier molecular flexibility index (Phi) is 3.22. The van der Waals surface area contributed by atoms with E-state index in [1.807, 2.05) is 6.08 Å². The summed E-state index contributed by atoms with van der Waals surface area (Å²) in [6.45, 7) is 3.02. The summed E-state index contributed by atoms with van der Waals surface area (Å²) in [4.78, 5) is 19.3. The number of amidine groups is 1. The van der Waals surface area contributed by atoms with E-state index >= 15 is 0 Å². The number of rotatable bonds is 1. The number of nitrogens with one attached hydrogen (secondary N) is 1. The standard InChI is InChI=1S/C16H17N3OS/c20-15-13(21-16(18-15)19-8-1-2-9-19)10-12-5-3-4-11-6-7-17-14(11)12/h3-5,10,17H,1-2,6-9H2/b13-10-. The smallest absolute Gasteiger partial charge is 0.286 e. The van der Waals surface area contributed by atoms with Gasteiger partial charge < -0.3 is 10.2 Å². The molecule has 108 valence electrons. The number of fused-ring (bicyclic) bond motifs is 1. The van der Waals surface area contributed by atoms with Gasteiger partial charge >= 0.3 is 0 Å². The van der Waals surface area contributed by atoms with Crippen LogP contribution in [0.3, 0.4) is 0 Å². The maximum Gasteiger partial charge on any atom is 0.286 e. The fraction of sp³-hybridized carbons (Fsp3) is 0.375. The van der Waals surface area contributed by atoms with Gasteiger partial charge in [-0.3, -0.25) is 4.79 Å². The van der Waals surface area contributed by atoms with E-state index in [2.05, 4.69) is 33.4 Å². The lowest BCUT2D eigenvalue weighted by atomic mass is 10.1. The molecule has 0 radical (unpaired) electrons. The quantitative estimate of drug-likeness (QED) is 0.810. The number of carbonyl (C=O) groups excluding carboxylic acids is 1. The van der Waals surface area contributed by atoms with Gasteiger partial charge in [-0.05, 0) is 48.2 Å². The molecule has 0 aromatic heterocycles. The van der Waals surface area contributed by atoms with Gasteiger partial charge in [0, 0.05) is 25.3 Å². The number of hydrogen-bond donors (Lipinski definition) is 1. The molecule has 21 heavy (non-hydrogen) atoms. The molecule has 0 unspecified atom stereocenters. The van der Waals surface area contributed by atoms with Crippen LogP contribution in [-0.4, -0.2) is 35.6 Å². The first-order valence-electron chi connectivity index (χ1n) is 7.44. The van der Waals surface area contributed by atoms with Gasteiger partial charge in [0.05, 0.1) is 4.91 Å². The highest BCUT2D eigenvalue weighted by molar-refractivity contribution is 8.18. The van der Waals surface area contributed by atoms with Crippen molar-refractivity contribution in [2.24, 2.45) is 4.99 Å². The van der Waals surface area contributed by atoms with E-state index in [4.69, 9.17) is 0 Å². The summed E-state index contributed by atoms with van der Waals surface area (Å²) >= 11 is 1.52. The lowest BCUT2D eigenvalue weighted by molar-refractivity contribution is -0.113. The predicted molar refractivity (Wildman–Crippen MR) is 87.5 cm³/mol. The zero-order chi connectivity index (χ0) is 14.2. The van der Waals surface area contributed by atoms with Gasteiger partial charge in [0.2, 0.25) is 0 Å². The number of amides is 1. The van der Waals surface area contributed by atoms with Gasteiger partial charge in [-0.1, -0.05) is 18.2 Å². The van der Waals surface area contributed by atoms with E-state index in [9.17, 15) is 4.79 Å². The molecule has 0 saturated carbocycles. The van der Waals surface area contributed by atoms with Gasteiger partial charge in [0.25, 0.3) is 5.91 Å². The molecule has 1 N–H and O–H groups in total. The summed E-state index contributed by atoms with van der Waals surface area (Å²) in [5.41, 5.74) is 3.60. The Labute approximate surface area is 128 Å². The summed E-state index contributed by atoms with van der Waals surface area (Å²) in [7, 11) is 0. The number of carbonyl (C=O) groups is 1. The number of thioether (sulfide) groups is 1. The molecule has 3 aliphatic rings. The monoisotopic (exact) mass is 299 g/mol. The second-order valence-electron chi connectivity index (χ2n) is 5.56. The number of aliphatic imine (C=N–C) groups is 1. The number of likely N-dealkylation sites (tertiary alicyclic amines) is 1. The highest BCUT2D eigenvalue weighted by Crippen LogP contribution is 2.34. The first-order chi connectivity index (χ1) is 10.3. The molecule has 1 aromatic rings. The molecule has 1 aromatic carbocycles. The molecule has 4 nitrogen and oxygen atoms in total. The molecular weight excluding hydrogens is 282 g/mol. The van der Waals surface area contributed by atoms with Crippen LogP contribution in [0.1, 0.15) is 24.0 Å². The molecule has 4 rings (SSSR count). The van der Waals surface area contributed by atoms with Crippen LogP contribution in [0.15, 0.2) is 28.1 Å². The van der Waals surface area contributed by atoms with Crippen LogP contribution in [0.2, 0.25) is 0 Å². The molecule has 0 bridgehead atoms. The van der Waals surface area contributed by atoms with Crippen molar-refractivity contribution in [1.29, 1.82) is 0 Å². The topological polar surface area (TPSA) is 44.7 Å². The van der Waals surface area contributed by atoms with E-state index in [1.54, 1.807) is 0 Å². The van der Waals surface area contributed by atoms with Crippen LogP contribution in [-0.2, 0) is 11.2 Å². The Balaban J connectivity index is 1.60. The van der Waals surface area contributed by atoms with Crippen LogP contribution in [0.5, 0.6) is 0 Å². The predicted octanol–water partition coefficient (Wildman–Crippen LogP) is 2.72. The van der Waals surface area contributed by atoms with Crippen molar-refractivity contribution in [2.75, 3.05) is 25.0 Å². The van der Waals surface area contributed by atoms with Crippen LogP contribution in [0.4, 0.5) is 5.69 Å². The Bertz CT molecular complexity index is 659. The van der Waals surface area contributed by atoms with Crippen molar-refractivity contribution in [2.45, 2.75) is 19.3 Å². The fourth-order valence-corrected chi connectivity index (χ4v) is 4.03. The van der Waals surface area contributed by atoms with E-state index < -0.39 is 0 Å². The second kappa shape index (κ2) is 5.22. The minimum Gasteiger partial charge on any atom is -0.384 e. The number of nitrogens with zero attached hydrogens (tertiary/aromatic N) is 2. The molecule has 3 aliphatic heterocycles. The summed E-state index contributed by atoms with van der Waals surface area (Å²) in [5, 5.41) is 4.29. The molecule has 0 atom stereocenters. The minimum absolute atomic E-state index is 0.0995. The molecule has 3 heterocycles. The van der Waals surface area contributed by atoms with Crippen LogP contribution < -0.4 is 5.32 Å². The molecule has 5 heteroatoms. The largest absolute Gasteiger partial charge is 0.384 e. The summed E-state index contributed by atoms with van der Waals surface area (Å²) in [6.07, 6.45) is 5.44. The van der Waals surface area contributed by atoms with Gasteiger partial charge in [0.1, 0.15) is 0 Å². The third-order valence-electron chi connectivity index (χ3n) is 4.15. The Morgan fingerprint density at radius 2 is 2.14 bits per heavy atom. The van der Waals surface area contributed by atoms with Crippen LogP contribution in [0.25, 0.3) is 6.08 Å². The molecule has 1 saturated heterocycles. The number of para-hydroxylation sites is 1. The van der Waals surface area contributed by atoms with E-state index in [0.29, 0.717) is 0 Å². The van der Waals surface area contributed by atoms with Crippen LogP contribution >= 0.6 is 11.8 Å². The molecule has 0 aliphatic carbocycles. The maximum absolute atomic E-state index is 12.1. The lowest BCUT2D eigenvalue weighted by Gasteiger charge is -2.14. The highest BCUT2D eigenvalue weighted by atomic mass is 32.2. The summed E-state index contributed by atoms with van der Waals surface area (Å²) in [5.74, 6) is -0.0995. The third-order valence-corrected chi connectivity index (χ3v) is 5.20. The average molecular weight is 299 g/mol. The maximum atomic E-state index is 12.1. The normalized spacial score (nSPS) is 22.7. The molecular formula is C16H17N3OS. The average Bonchev–Trinajstić information content (AvgIpc) is 3.20. The van der Waals surface area contributed by atoms with Gasteiger partial charge in [0.15, 0.2) is 5.17 Å². The van der Waals surface area contributed by atoms with E-state index in [0.717, 1.165) is 41.7 Å². The third kappa shape index (κ3) is 2.35. The van der Waals surface area contributed by atoms with E-state index in [-0.39, 0.29) is 5.91 Å². The zero-order valence-corrected chi connectivity index (χ0v) is 12.6. The molecule has 1 amide bonds. The molecule has 1 fully saturated rings. The molecule has 0 spiro atoms. The Hall–Kier alpha value is -1.75. The summed E-state index contributed by atoms with van der Waals surface area (Å²) in [6, 6.07) is 6.27. The van der Waals surface area contributed by atoms with Gasteiger partial charge in [-0.2, -0.15) is 4.99 Å². The van der Waals surface area contributed by atoms with Crippen molar-refractivity contribution in [3.8, 4) is 0 Å². The number of anilines is 1. The van der Waals surface area contributed by atoms with E-state index in [1.165, 1.54) is 35.9 Å². The summed E-state index contributed by atoms with van der Waals surface area (Å²) < 4.78 is 0. The Morgan fingerprint density at radius 1 is 1.29 bits per heavy atom. The Morgan fingerprint density at radius 3 is 3.00 bits per heavy atom. The highest BCUT2D eigenvalue weighted by Gasteiger charge is 2.28. The van der Waals surface area contributed by atoms with Gasteiger partial charge in [-0.15, -0.1) is 0 Å². The minimum atomic E-state index is -0.0995. The fourth-order valence-electron chi connectivity index (χ4n) is 3.07. The van der Waals surface area contributed by atoms with Crippen molar-refractivity contribution < 1.29 is 4.79 Å². The lowest BCUT2D eigenvalue weighted by Crippen LogP contribution is -2.23. The van der Waals surface area contributed by atoms with Crippen molar-refractivity contribution in [1.82, 2.24) is 4.90 Å². The number of hydrogen-bond acceptors (Lipinski definition) is 4. The van der Waals surface area contributed by atoms with Crippen molar-refractivity contribution in [3.05, 3.63) is 34.2 Å². The van der Waals surface area contributed by atoms with Crippen LogP contribution in [0, 0.1) is 0 Å². The first kappa shape index (κ1) is 13.0. The van der Waals surface area contributed by atoms with Gasteiger partial charge in [-0.25, -0.2) is 0 Å². The zero-order valence-electron chi connectivity index (χ0n) is 11.8.